The van der Waals surface area contributed by atoms with Crippen molar-refractivity contribution in [2.75, 3.05) is 55.6 Å². The molecule has 1 spiro atoms. The molecule has 0 radical (unpaired) electrons. The molecule has 4 saturated heterocycles. The molecule has 1 atom stereocenters. The van der Waals surface area contributed by atoms with Crippen molar-refractivity contribution in [3.63, 3.8) is 0 Å². The van der Waals surface area contributed by atoms with Crippen molar-refractivity contribution in [2.45, 2.75) is 82.4 Å². The lowest BCUT2D eigenvalue weighted by atomic mass is 9.71. The smallest absolute Gasteiger partial charge is 0.289 e. The quantitative estimate of drug-likeness (QED) is 0.292. The van der Waals surface area contributed by atoms with Crippen LogP contribution in [0.1, 0.15) is 101 Å². The Morgan fingerprint density at radius 1 is 0.867 bits per heavy atom. The van der Waals surface area contributed by atoms with E-state index >= 15 is 0 Å². The molecule has 1 unspecified atom stereocenters. The van der Waals surface area contributed by atoms with E-state index in [9.17, 15) is 24.0 Å². The third-order valence-corrected chi connectivity index (χ3v) is 13.8. The Bertz CT molecular complexity index is 2230. The minimum Gasteiger partial charge on any atom is -0.490 e. The average Bonchev–Trinajstić information content (AvgIpc) is 3.49. The Morgan fingerprint density at radius 2 is 1.58 bits per heavy atom. The van der Waals surface area contributed by atoms with Gasteiger partial charge in [0.2, 0.25) is 17.6 Å². The summed E-state index contributed by atoms with van der Waals surface area (Å²) in [6, 6.07) is 11.6. The molecule has 5 fully saturated rings. The molecular formula is C44H48ClN9O6. The summed E-state index contributed by atoms with van der Waals surface area (Å²) in [6.45, 7) is 6.88. The van der Waals surface area contributed by atoms with Crippen molar-refractivity contribution in [3.8, 4) is 11.8 Å². The van der Waals surface area contributed by atoms with Gasteiger partial charge >= 0.3 is 0 Å². The molecule has 1 aromatic heterocycles. The second-order valence-corrected chi connectivity index (χ2v) is 17.8. The van der Waals surface area contributed by atoms with Crippen molar-refractivity contribution in [2.24, 2.45) is 11.3 Å². The maximum absolute atomic E-state index is 13.3. The summed E-state index contributed by atoms with van der Waals surface area (Å²) in [7, 11) is 0. The number of ether oxygens (including phenoxy) is 1. The van der Waals surface area contributed by atoms with Gasteiger partial charge in [0.05, 0.1) is 45.9 Å². The molecule has 0 bridgehead atoms. The van der Waals surface area contributed by atoms with Gasteiger partial charge in [0.1, 0.15) is 17.9 Å². The van der Waals surface area contributed by atoms with Gasteiger partial charge in [0, 0.05) is 62.4 Å². The average molecular weight is 834 g/mol. The highest BCUT2D eigenvalue weighted by atomic mass is 35.5. The molecule has 60 heavy (non-hydrogen) atoms. The number of imide groups is 2. The van der Waals surface area contributed by atoms with E-state index in [1.807, 2.05) is 6.07 Å². The van der Waals surface area contributed by atoms with Crippen LogP contribution < -0.4 is 25.2 Å². The molecule has 15 nitrogen and oxygen atoms in total. The van der Waals surface area contributed by atoms with Gasteiger partial charge in [-0.3, -0.25) is 34.2 Å². The van der Waals surface area contributed by atoms with Crippen LogP contribution in [0.5, 0.6) is 5.75 Å². The molecule has 5 amide bonds. The normalized spacial score (nSPS) is 24.5. The largest absolute Gasteiger partial charge is 0.490 e. The summed E-state index contributed by atoms with van der Waals surface area (Å²) < 4.78 is 6.08. The summed E-state index contributed by atoms with van der Waals surface area (Å²) in [5, 5.41) is 14.8. The van der Waals surface area contributed by atoms with Crippen molar-refractivity contribution in [3.05, 3.63) is 76.3 Å². The first-order valence-corrected chi connectivity index (χ1v) is 21.5. The van der Waals surface area contributed by atoms with Crippen molar-refractivity contribution < 1.29 is 28.7 Å². The van der Waals surface area contributed by atoms with Gasteiger partial charge in [-0.25, -0.2) is 9.97 Å². The van der Waals surface area contributed by atoms with E-state index in [1.54, 1.807) is 42.7 Å². The predicted molar refractivity (Wildman–Crippen MR) is 221 cm³/mol. The zero-order valence-electron chi connectivity index (χ0n) is 33.4. The fourth-order valence-electron chi connectivity index (χ4n) is 9.90. The number of nitrogens with zero attached hydrogens (tertiary/aromatic N) is 7. The molecule has 1 saturated carbocycles. The Labute approximate surface area is 353 Å². The van der Waals surface area contributed by atoms with Gasteiger partial charge in [-0.05, 0) is 107 Å². The van der Waals surface area contributed by atoms with Gasteiger partial charge in [0.25, 0.3) is 17.7 Å². The lowest BCUT2D eigenvalue weighted by molar-refractivity contribution is -0.136. The molecule has 312 valence electrons. The Balaban J connectivity index is 0.683. The maximum Gasteiger partial charge on any atom is 0.289 e. The van der Waals surface area contributed by atoms with E-state index in [2.05, 4.69) is 41.4 Å². The lowest BCUT2D eigenvalue weighted by Crippen LogP contribution is -2.60. The van der Waals surface area contributed by atoms with Crippen molar-refractivity contribution in [1.29, 1.82) is 5.26 Å². The van der Waals surface area contributed by atoms with Crippen LogP contribution in [0.25, 0.3) is 0 Å². The topological polar surface area (TPSA) is 181 Å². The molecule has 2 N–H and O–H groups in total. The lowest BCUT2D eigenvalue weighted by Gasteiger charge is -2.55. The minimum absolute atomic E-state index is 0.0212. The first kappa shape index (κ1) is 39.8. The van der Waals surface area contributed by atoms with Crippen LogP contribution in [-0.2, 0) is 9.59 Å². The summed E-state index contributed by atoms with van der Waals surface area (Å²) >= 11 is 6.15. The number of carbonyl (C=O) groups is 5. The second kappa shape index (κ2) is 16.5. The van der Waals surface area contributed by atoms with E-state index < -0.39 is 23.8 Å². The zero-order valence-corrected chi connectivity index (χ0v) is 34.2. The molecule has 1 aliphatic carbocycles. The van der Waals surface area contributed by atoms with Gasteiger partial charge in [-0.15, -0.1) is 0 Å². The molecule has 5 aliphatic heterocycles. The Hall–Kier alpha value is -5.59. The summed E-state index contributed by atoms with van der Waals surface area (Å²) in [5.74, 6) is -0.772. The third-order valence-electron chi connectivity index (χ3n) is 13.5. The highest BCUT2D eigenvalue weighted by molar-refractivity contribution is 6.31. The number of likely N-dealkylation sites (tertiary alicyclic amines) is 1. The molecule has 6 aliphatic rings. The van der Waals surface area contributed by atoms with Crippen LogP contribution in [0.15, 0.2) is 48.8 Å². The van der Waals surface area contributed by atoms with Gasteiger partial charge in [-0.2, -0.15) is 5.26 Å². The fraction of sp³-hybridized carbons (Fsp3) is 0.500. The number of anilines is 2. The predicted octanol–water partition coefficient (Wildman–Crippen LogP) is 4.34. The number of hydrogen-bond donors (Lipinski definition) is 2. The van der Waals surface area contributed by atoms with Crippen LogP contribution in [0.3, 0.4) is 0 Å². The van der Waals surface area contributed by atoms with Crippen LogP contribution in [0.4, 0.5) is 11.4 Å². The summed E-state index contributed by atoms with van der Waals surface area (Å²) in [4.78, 5) is 80.6. The zero-order chi connectivity index (χ0) is 41.5. The number of carbonyl (C=O) groups excluding carboxylic acids is 5. The number of piperidine rings is 3. The van der Waals surface area contributed by atoms with Crippen LogP contribution in [-0.4, -0.2) is 113 Å². The SMILES string of the molecule is N#Cc1ccc(OC2CCC(NC(=O)c3ncc(N4CCC(CN5CCC6(CC5)CN(c5ccc7c(c5)C(=O)N(C5CCC(=O)NC5=O)C7=O)C6)CC4)cn3)CC2)cc1Cl. The molecule has 16 heteroatoms. The van der Waals surface area contributed by atoms with E-state index in [0.29, 0.717) is 33.4 Å². The van der Waals surface area contributed by atoms with E-state index in [-0.39, 0.29) is 48.0 Å². The van der Waals surface area contributed by atoms with E-state index in [0.717, 1.165) is 113 Å². The highest BCUT2D eigenvalue weighted by Crippen LogP contribution is 2.44. The number of nitriles is 1. The Morgan fingerprint density at radius 3 is 2.27 bits per heavy atom. The van der Waals surface area contributed by atoms with Crippen molar-refractivity contribution >= 4 is 52.5 Å². The molecule has 3 aromatic rings. The van der Waals surface area contributed by atoms with Gasteiger partial charge < -0.3 is 24.8 Å². The van der Waals surface area contributed by atoms with Crippen molar-refractivity contribution in [1.82, 2.24) is 30.4 Å². The minimum atomic E-state index is -0.966. The monoisotopic (exact) mass is 833 g/mol. The molecule has 9 rings (SSSR count). The standard InChI is InChI=1S/C44H48ClN9O6/c45-36-20-33(5-1-28(36)21-46)60-32-6-2-29(3-7-32)49-41(57)39-47-22-31(23-48-39)52-15-11-27(12-16-52)24-51-17-13-44(14-18-51)25-53(26-44)30-4-8-34-35(19-30)43(59)54(42(34)58)37-9-10-38(55)50-40(37)56/h1,4-5,8,19-20,22-23,27,29,32,37H,2-3,6-7,9-18,24-26H2,(H,49,57)(H,50,55,56). The third kappa shape index (κ3) is 8.02. The number of amides is 5. The van der Waals surface area contributed by atoms with E-state index in [1.165, 1.54) is 0 Å². The van der Waals surface area contributed by atoms with E-state index in [4.69, 9.17) is 21.6 Å². The van der Waals surface area contributed by atoms with Gasteiger partial charge in [0.15, 0.2) is 0 Å². The molecular weight excluding hydrogens is 786 g/mol. The second-order valence-electron chi connectivity index (χ2n) is 17.3. The number of hydrogen-bond acceptors (Lipinski definition) is 12. The first-order valence-electron chi connectivity index (χ1n) is 21.1. The number of rotatable bonds is 9. The van der Waals surface area contributed by atoms with Crippen LogP contribution >= 0.6 is 11.6 Å². The van der Waals surface area contributed by atoms with Crippen LogP contribution in [0, 0.1) is 22.7 Å². The highest BCUT2D eigenvalue weighted by Gasteiger charge is 2.47. The Kier molecular flexibility index (Phi) is 10.9. The number of benzene rings is 2. The molecule has 2 aromatic carbocycles. The maximum atomic E-state index is 13.3. The van der Waals surface area contributed by atoms with Gasteiger partial charge in [-0.1, -0.05) is 11.6 Å². The number of aromatic nitrogens is 2. The fourth-order valence-corrected chi connectivity index (χ4v) is 10.1. The summed E-state index contributed by atoms with van der Waals surface area (Å²) in [6.07, 6.45) is 11.4. The number of fused-ring (bicyclic) bond motifs is 1. The number of nitrogens with one attached hydrogen (secondary N) is 2. The van der Waals surface area contributed by atoms with Crippen LogP contribution in [0.2, 0.25) is 5.02 Å². The summed E-state index contributed by atoms with van der Waals surface area (Å²) in [5.41, 5.74) is 3.14. The first-order chi connectivity index (χ1) is 29.0. The molecule has 6 heterocycles. The number of halogens is 1.